The number of hydrogen-bond acceptors (Lipinski definition) is 1. The smallest absolute Gasteiger partial charge is 0.126 e. The fourth-order valence-electron chi connectivity index (χ4n) is 2.24. The van der Waals surface area contributed by atoms with E-state index < -0.39 is 0 Å². The van der Waals surface area contributed by atoms with Crippen LogP contribution in [0.15, 0.2) is 36.4 Å². The number of aryl methyl sites for hydroxylation is 2. The van der Waals surface area contributed by atoms with Crippen molar-refractivity contribution in [2.24, 2.45) is 0 Å². The van der Waals surface area contributed by atoms with Gasteiger partial charge in [-0.15, -0.1) is 0 Å². The van der Waals surface area contributed by atoms with E-state index in [0.29, 0.717) is 11.6 Å². The third kappa shape index (κ3) is 3.45. The van der Waals surface area contributed by atoms with Gasteiger partial charge < -0.3 is 5.32 Å². The molecule has 0 bridgehead atoms. The van der Waals surface area contributed by atoms with Crippen LogP contribution in [-0.4, -0.2) is 6.04 Å². The highest BCUT2D eigenvalue weighted by atomic mass is 19.1. The van der Waals surface area contributed by atoms with Gasteiger partial charge in [-0.3, -0.25) is 0 Å². The Morgan fingerprint density at radius 2 is 1.75 bits per heavy atom. The molecule has 2 rings (SSSR count). The molecule has 0 fully saturated rings. The maximum absolute atomic E-state index is 13.7. The molecule has 0 unspecified atom stereocenters. The van der Waals surface area contributed by atoms with E-state index in [4.69, 9.17) is 0 Å². The van der Waals surface area contributed by atoms with Crippen molar-refractivity contribution >= 4 is 0 Å². The van der Waals surface area contributed by atoms with Crippen LogP contribution in [0.1, 0.15) is 30.5 Å². The third-order valence-corrected chi connectivity index (χ3v) is 3.49. The lowest BCUT2D eigenvalue weighted by atomic mass is 9.97. The molecule has 0 saturated heterocycles. The second-order valence-corrected chi connectivity index (χ2v) is 5.65. The summed E-state index contributed by atoms with van der Waals surface area (Å²) in [6, 6.07) is 12.3. The zero-order valence-corrected chi connectivity index (χ0v) is 12.6. The quantitative estimate of drug-likeness (QED) is 0.856. The van der Waals surface area contributed by atoms with E-state index >= 15 is 0 Å². The summed E-state index contributed by atoms with van der Waals surface area (Å²) in [5.74, 6) is -0.146. The van der Waals surface area contributed by atoms with E-state index in [1.807, 2.05) is 12.1 Å². The SMILES string of the molecule is Cc1ccc(-c2ccc(CNC(C)C)cc2C)cc1F. The number of benzene rings is 2. The van der Waals surface area contributed by atoms with Gasteiger partial charge in [0, 0.05) is 12.6 Å². The molecular weight excluding hydrogens is 249 g/mol. The summed E-state index contributed by atoms with van der Waals surface area (Å²) in [5, 5.41) is 3.40. The largest absolute Gasteiger partial charge is 0.310 e. The summed E-state index contributed by atoms with van der Waals surface area (Å²) in [6.45, 7) is 8.99. The van der Waals surface area contributed by atoms with Crippen LogP contribution in [0.4, 0.5) is 4.39 Å². The van der Waals surface area contributed by atoms with E-state index in [1.54, 1.807) is 13.0 Å². The highest BCUT2D eigenvalue weighted by molar-refractivity contribution is 5.68. The number of hydrogen-bond donors (Lipinski definition) is 1. The number of nitrogens with one attached hydrogen (secondary N) is 1. The zero-order valence-electron chi connectivity index (χ0n) is 12.6. The van der Waals surface area contributed by atoms with Crippen LogP contribution in [0.25, 0.3) is 11.1 Å². The molecule has 0 heterocycles. The summed E-state index contributed by atoms with van der Waals surface area (Å²) < 4.78 is 13.7. The second kappa shape index (κ2) is 6.19. The second-order valence-electron chi connectivity index (χ2n) is 5.65. The van der Waals surface area contributed by atoms with E-state index in [1.165, 1.54) is 11.1 Å². The molecule has 1 N–H and O–H groups in total. The van der Waals surface area contributed by atoms with Crippen molar-refractivity contribution < 1.29 is 4.39 Å². The van der Waals surface area contributed by atoms with Gasteiger partial charge in [-0.25, -0.2) is 4.39 Å². The zero-order chi connectivity index (χ0) is 14.7. The lowest BCUT2D eigenvalue weighted by Gasteiger charge is -2.12. The van der Waals surface area contributed by atoms with E-state index in [2.05, 4.69) is 44.3 Å². The number of rotatable bonds is 4. The Morgan fingerprint density at radius 3 is 2.35 bits per heavy atom. The first kappa shape index (κ1) is 14.7. The molecule has 0 aromatic heterocycles. The fourth-order valence-corrected chi connectivity index (χ4v) is 2.24. The summed E-state index contributed by atoms with van der Waals surface area (Å²) in [5.41, 5.74) is 5.15. The van der Waals surface area contributed by atoms with Gasteiger partial charge >= 0.3 is 0 Å². The Morgan fingerprint density at radius 1 is 1.00 bits per heavy atom. The molecule has 2 heteroatoms. The minimum Gasteiger partial charge on any atom is -0.310 e. The molecule has 0 amide bonds. The van der Waals surface area contributed by atoms with Crippen LogP contribution in [-0.2, 0) is 6.54 Å². The lowest BCUT2D eigenvalue weighted by Crippen LogP contribution is -2.21. The number of halogens is 1. The van der Waals surface area contributed by atoms with Crippen LogP contribution in [0, 0.1) is 19.7 Å². The molecule has 0 saturated carbocycles. The Kier molecular flexibility index (Phi) is 4.56. The van der Waals surface area contributed by atoms with Gasteiger partial charge in [0.05, 0.1) is 0 Å². The minimum absolute atomic E-state index is 0.146. The highest BCUT2D eigenvalue weighted by Gasteiger charge is 2.06. The molecule has 0 atom stereocenters. The van der Waals surface area contributed by atoms with Crippen LogP contribution in [0.3, 0.4) is 0 Å². The van der Waals surface area contributed by atoms with Crippen LogP contribution >= 0.6 is 0 Å². The average Bonchev–Trinajstić information content (AvgIpc) is 2.40. The van der Waals surface area contributed by atoms with Crippen LogP contribution < -0.4 is 5.32 Å². The van der Waals surface area contributed by atoms with Crippen molar-refractivity contribution in [1.82, 2.24) is 5.32 Å². The molecule has 0 aliphatic rings. The van der Waals surface area contributed by atoms with Crippen molar-refractivity contribution in [3.05, 3.63) is 58.9 Å². The summed E-state index contributed by atoms with van der Waals surface area (Å²) >= 11 is 0. The Bertz CT molecular complexity index is 602. The fraction of sp³-hybridized carbons (Fsp3) is 0.333. The molecule has 0 radical (unpaired) electrons. The van der Waals surface area contributed by atoms with Crippen molar-refractivity contribution in [3.8, 4) is 11.1 Å². The van der Waals surface area contributed by atoms with Gasteiger partial charge in [0.1, 0.15) is 5.82 Å². The third-order valence-electron chi connectivity index (χ3n) is 3.49. The first-order chi connectivity index (χ1) is 9.47. The molecule has 20 heavy (non-hydrogen) atoms. The van der Waals surface area contributed by atoms with Gasteiger partial charge in [0.15, 0.2) is 0 Å². The van der Waals surface area contributed by atoms with E-state index in [0.717, 1.165) is 17.7 Å². The van der Waals surface area contributed by atoms with Gasteiger partial charge in [-0.1, -0.05) is 44.2 Å². The topological polar surface area (TPSA) is 12.0 Å². The van der Waals surface area contributed by atoms with Gasteiger partial charge in [0.25, 0.3) is 0 Å². The van der Waals surface area contributed by atoms with Gasteiger partial charge in [-0.2, -0.15) is 0 Å². The first-order valence-electron chi connectivity index (χ1n) is 7.07. The summed E-state index contributed by atoms with van der Waals surface area (Å²) in [4.78, 5) is 0. The summed E-state index contributed by atoms with van der Waals surface area (Å²) in [7, 11) is 0. The van der Waals surface area contributed by atoms with E-state index in [-0.39, 0.29) is 5.82 Å². The van der Waals surface area contributed by atoms with E-state index in [9.17, 15) is 4.39 Å². The predicted octanol–water partition coefficient (Wildman–Crippen LogP) is 4.61. The van der Waals surface area contributed by atoms with Crippen molar-refractivity contribution in [3.63, 3.8) is 0 Å². The Balaban J connectivity index is 2.27. The maximum atomic E-state index is 13.7. The molecule has 2 aromatic carbocycles. The van der Waals surface area contributed by atoms with Crippen molar-refractivity contribution in [2.45, 2.75) is 40.3 Å². The lowest BCUT2D eigenvalue weighted by molar-refractivity contribution is 0.589. The predicted molar refractivity (Wildman–Crippen MR) is 83.3 cm³/mol. The molecule has 0 spiro atoms. The highest BCUT2D eigenvalue weighted by Crippen LogP contribution is 2.26. The first-order valence-corrected chi connectivity index (χ1v) is 7.07. The molecule has 0 aliphatic carbocycles. The van der Waals surface area contributed by atoms with Crippen LogP contribution in [0.2, 0.25) is 0 Å². The minimum atomic E-state index is -0.146. The monoisotopic (exact) mass is 271 g/mol. The Labute approximate surface area is 120 Å². The molecule has 0 aliphatic heterocycles. The standard InChI is InChI=1S/C18H22FN/c1-12(2)20-11-15-6-8-17(14(4)9-15)16-7-5-13(3)18(19)10-16/h5-10,12,20H,11H2,1-4H3. The summed E-state index contributed by atoms with van der Waals surface area (Å²) in [6.07, 6.45) is 0. The normalized spacial score (nSPS) is 11.1. The molecule has 1 nitrogen and oxygen atoms in total. The molecular formula is C18H22FN. The molecule has 106 valence electrons. The molecule has 2 aromatic rings. The van der Waals surface area contributed by atoms with Crippen LogP contribution in [0.5, 0.6) is 0 Å². The van der Waals surface area contributed by atoms with Gasteiger partial charge in [-0.05, 0) is 47.7 Å². The van der Waals surface area contributed by atoms with Crippen molar-refractivity contribution in [2.75, 3.05) is 0 Å². The average molecular weight is 271 g/mol. The van der Waals surface area contributed by atoms with Gasteiger partial charge in [0.2, 0.25) is 0 Å². The Hall–Kier alpha value is -1.67. The van der Waals surface area contributed by atoms with Crippen molar-refractivity contribution in [1.29, 1.82) is 0 Å². The maximum Gasteiger partial charge on any atom is 0.126 e.